The third-order valence-corrected chi connectivity index (χ3v) is 3.28. The quantitative estimate of drug-likeness (QED) is 0.751. The van der Waals surface area contributed by atoms with Crippen molar-refractivity contribution >= 4 is 0 Å². The fraction of sp³-hybridized carbons (Fsp3) is 0.647. The molecule has 0 bridgehead atoms. The summed E-state index contributed by atoms with van der Waals surface area (Å²) in [5, 5.41) is 3.53. The van der Waals surface area contributed by atoms with E-state index in [1.165, 1.54) is 5.56 Å². The van der Waals surface area contributed by atoms with Crippen molar-refractivity contribution in [2.75, 3.05) is 33.8 Å². The second-order valence-corrected chi connectivity index (χ2v) is 6.20. The van der Waals surface area contributed by atoms with Crippen molar-refractivity contribution in [3.63, 3.8) is 0 Å². The number of nitrogens with one attached hydrogen (secondary N) is 1. The van der Waals surface area contributed by atoms with Gasteiger partial charge in [0.1, 0.15) is 5.75 Å². The smallest absolute Gasteiger partial charge is 0.118 e. The molecule has 1 aromatic carbocycles. The SMILES string of the molecule is COc1ccc(CN(C)CC(C)CNCC(C)C)cc1. The average molecular weight is 278 g/mol. The Morgan fingerprint density at radius 3 is 2.30 bits per heavy atom. The second kappa shape index (κ2) is 8.98. The first-order valence-corrected chi connectivity index (χ1v) is 7.53. The van der Waals surface area contributed by atoms with Gasteiger partial charge in [0.05, 0.1) is 7.11 Å². The van der Waals surface area contributed by atoms with Gasteiger partial charge in [0, 0.05) is 13.1 Å². The molecule has 0 saturated carbocycles. The Bertz CT molecular complexity index is 362. The van der Waals surface area contributed by atoms with Crippen LogP contribution in [0.5, 0.6) is 5.75 Å². The van der Waals surface area contributed by atoms with Gasteiger partial charge >= 0.3 is 0 Å². The number of hydrogen-bond acceptors (Lipinski definition) is 3. The summed E-state index contributed by atoms with van der Waals surface area (Å²) in [6, 6.07) is 8.32. The maximum absolute atomic E-state index is 5.18. The predicted molar refractivity (Wildman–Crippen MR) is 86.2 cm³/mol. The molecule has 1 N–H and O–H groups in total. The molecular weight excluding hydrogens is 248 g/mol. The van der Waals surface area contributed by atoms with Crippen LogP contribution in [0.3, 0.4) is 0 Å². The second-order valence-electron chi connectivity index (χ2n) is 6.20. The first kappa shape index (κ1) is 17.0. The highest BCUT2D eigenvalue weighted by Crippen LogP contribution is 2.13. The summed E-state index contributed by atoms with van der Waals surface area (Å²) in [6.07, 6.45) is 0. The van der Waals surface area contributed by atoms with Crippen LogP contribution in [0.25, 0.3) is 0 Å². The van der Waals surface area contributed by atoms with Crippen molar-refractivity contribution in [1.82, 2.24) is 10.2 Å². The zero-order chi connectivity index (χ0) is 15.0. The molecule has 1 unspecified atom stereocenters. The van der Waals surface area contributed by atoms with Gasteiger partial charge in [-0.3, -0.25) is 0 Å². The van der Waals surface area contributed by atoms with Gasteiger partial charge in [-0.05, 0) is 49.7 Å². The number of benzene rings is 1. The van der Waals surface area contributed by atoms with Gasteiger partial charge in [0.2, 0.25) is 0 Å². The van der Waals surface area contributed by atoms with Crippen LogP contribution in [-0.4, -0.2) is 38.7 Å². The fourth-order valence-electron chi connectivity index (χ4n) is 2.32. The van der Waals surface area contributed by atoms with E-state index in [0.717, 1.165) is 37.8 Å². The van der Waals surface area contributed by atoms with Gasteiger partial charge in [-0.2, -0.15) is 0 Å². The molecular formula is C17H30N2O. The zero-order valence-corrected chi connectivity index (χ0v) is 13.6. The van der Waals surface area contributed by atoms with E-state index in [0.29, 0.717) is 5.92 Å². The molecule has 1 aromatic rings. The lowest BCUT2D eigenvalue weighted by Crippen LogP contribution is -2.32. The summed E-state index contributed by atoms with van der Waals surface area (Å²) >= 11 is 0. The van der Waals surface area contributed by atoms with Crippen LogP contribution < -0.4 is 10.1 Å². The van der Waals surface area contributed by atoms with Crippen LogP contribution in [0.15, 0.2) is 24.3 Å². The van der Waals surface area contributed by atoms with E-state index in [4.69, 9.17) is 4.74 Å². The Balaban J connectivity index is 2.29. The lowest BCUT2D eigenvalue weighted by Gasteiger charge is -2.22. The fourth-order valence-corrected chi connectivity index (χ4v) is 2.32. The van der Waals surface area contributed by atoms with E-state index in [2.05, 4.69) is 50.2 Å². The van der Waals surface area contributed by atoms with E-state index < -0.39 is 0 Å². The molecule has 0 spiro atoms. The van der Waals surface area contributed by atoms with Gasteiger partial charge in [-0.25, -0.2) is 0 Å². The van der Waals surface area contributed by atoms with Crippen LogP contribution >= 0.6 is 0 Å². The highest BCUT2D eigenvalue weighted by atomic mass is 16.5. The largest absolute Gasteiger partial charge is 0.497 e. The first-order chi connectivity index (χ1) is 9.51. The van der Waals surface area contributed by atoms with Gasteiger partial charge in [0.15, 0.2) is 0 Å². The van der Waals surface area contributed by atoms with Crippen molar-refractivity contribution in [1.29, 1.82) is 0 Å². The van der Waals surface area contributed by atoms with E-state index in [9.17, 15) is 0 Å². The molecule has 0 aliphatic heterocycles. The molecule has 20 heavy (non-hydrogen) atoms. The predicted octanol–water partition coefficient (Wildman–Crippen LogP) is 3.01. The Morgan fingerprint density at radius 2 is 1.75 bits per heavy atom. The highest BCUT2D eigenvalue weighted by Gasteiger charge is 2.07. The molecule has 0 aromatic heterocycles. The van der Waals surface area contributed by atoms with Crippen molar-refractivity contribution in [2.24, 2.45) is 11.8 Å². The maximum Gasteiger partial charge on any atom is 0.118 e. The molecule has 1 atom stereocenters. The topological polar surface area (TPSA) is 24.5 Å². The van der Waals surface area contributed by atoms with Crippen molar-refractivity contribution in [2.45, 2.75) is 27.3 Å². The number of rotatable bonds is 9. The van der Waals surface area contributed by atoms with Crippen LogP contribution in [0.4, 0.5) is 0 Å². The van der Waals surface area contributed by atoms with Crippen molar-refractivity contribution < 1.29 is 4.74 Å². The molecule has 0 amide bonds. The average Bonchev–Trinajstić information content (AvgIpc) is 2.38. The van der Waals surface area contributed by atoms with Gasteiger partial charge in [-0.15, -0.1) is 0 Å². The third kappa shape index (κ3) is 6.92. The molecule has 0 saturated heterocycles. The first-order valence-electron chi connectivity index (χ1n) is 7.53. The molecule has 3 nitrogen and oxygen atoms in total. The molecule has 0 aliphatic carbocycles. The van der Waals surface area contributed by atoms with Crippen molar-refractivity contribution in [3.05, 3.63) is 29.8 Å². The van der Waals surface area contributed by atoms with Crippen LogP contribution in [0, 0.1) is 11.8 Å². The molecule has 1 rings (SSSR count). The van der Waals surface area contributed by atoms with Crippen molar-refractivity contribution in [3.8, 4) is 5.75 Å². The molecule has 0 radical (unpaired) electrons. The Labute approximate surface area is 124 Å². The van der Waals surface area contributed by atoms with E-state index in [1.54, 1.807) is 7.11 Å². The summed E-state index contributed by atoms with van der Waals surface area (Å²) < 4.78 is 5.18. The normalized spacial score (nSPS) is 12.9. The lowest BCUT2D eigenvalue weighted by atomic mass is 10.1. The molecule has 0 fully saturated rings. The summed E-state index contributed by atoms with van der Waals surface area (Å²) in [6.45, 7) is 11.1. The third-order valence-electron chi connectivity index (χ3n) is 3.28. The summed E-state index contributed by atoms with van der Waals surface area (Å²) in [5.41, 5.74) is 1.33. The van der Waals surface area contributed by atoms with Gasteiger partial charge in [0.25, 0.3) is 0 Å². The monoisotopic (exact) mass is 278 g/mol. The molecule has 114 valence electrons. The molecule has 0 aliphatic rings. The Hall–Kier alpha value is -1.06. The number of ether oxygens (including phenoxy) is 1. The van der Waals surface area contributed by atoms with E-state index in [1.807, 2.05) is 12.1 Å². The van der Waals surface area contributed by atoms with E-state index >= 15 is 0 Å². The minimum absolute atomic E-state index is 0.664. The number of hydrogen-bond donors (Lipinski definition) is 1. The van der Waals surface area contributed by atoms with E-state index in [-0.39, 0.29) is 0 Å². The summed E-state index contributed by atoms with van der Waals surface area (Å²) in [5.74, 6) is 2.30. The minimum atomic E-state index is 0.664. The van der Waals surface area contributed by atoms with Gasteiger partial charge < -0.3 is 15.0 Å². The Morgan fingerprint density at radius 1 is 1.10 bits per heavy atom. The molecule has 0 heterocycles. The zero-order valence-electron chi connectivity index (χ0n) is 13.6. The van der Waals surface area contributed by atoms with Crippen LogP contribution in [0.2, 0.25) is 0 Å². The minimum Gasteiger partial charge on any atom is -0.497 e. The number of nitrogens with zero attached hydrogens (tertiary/aromatic N) is 1. The number of methoxy groups -OCH3 is 1. The van der Waals surface area contributed by atoms with Gasteiger partial charge in [-0.1, -0.05) is 32.9 Å². The highest BCUT2D eigenvalue weighted by molar-refractivity contribution is 5.27. The van der Waals surface area contributed by atoms with Crippen LogP contribution in [0.1, 0.15) is 26.3 Å². The maximum atomic E-state index is 5.18. The summed E-state index contributed by atoms with van der Waals surface area (Å²) in [4.78, 5) is 2.38. The molecule has 3 heteroatoms. The standard InChI is InChI=1S/C17H30N2O/c1-14(2)10-18-11-15(3)12-19(4)13-16-6-8-17(20-5)9-7-16/h6-9,14-15,18H,10-13H2,1-5H3. The summed E-state index contributed by atoms with van der Waals surface area (Å²) in [7, 11) is 3.89. The van der Waals surface area contributed by atoms with Crippen LogP contribution in [-0.2, 0) is 6.54 Å². The Kier molecular flexibility index (Phi) is 7.63. The lowest BCUT2D eigenvalue weighted by molar-refractivity contribution is 0.272.